The molecule has 0 amide bonds. The Morgan fingerprint density at radius 2 is 1.63 bits per heavy atom. The molecule has 0 spiro atoms. The van der Waals surface area contributed by atoms with Crippen molar-refractivity contribution in [3.63, 3.8) is 0 Å². The molecule has 2 unspecified atom stereocenters. The van der Waals surface area contributed by atoms with E-state index in [2.05, 4.69) is 47.8 Å². The van der Waals surface area contributed by atoms with Crippen LogP contribution in [-0.2, 0) is 13.2 Å². The summed E-state index contributed by atoms with van der Waals surface area (Å²) in [6.45, 7) is 1.43. The van der Waals surface area contributed by atoms with E-state index in [4.69, 9.17) is 10.00 Å². The summed E-state index contributed by atoms with van der Waals surface area (Å²) in [5.41, 5.74) is 4.46. The van der Waals surface area contributed by atoms with Crippen LogP contribution >= 0.6 is 0 Å². The Morgan fingerprint density at radius 1 is 0.889 bits per heavy atom. The smallest absolute Gasteiger partial charge is 0.119 e. The Kier molecular flexibility index (Phi) is 5.18. The summed E-state index contributed by atoms with van der Waals surface area (Å²) in [5.74, 6) is 1.48. The number of nitrogens with one attached hydrogen (secondary N) is 1. The van der Waals surface area contributed by atoms with Gasteiger partial charge in [-0.25, -0.2) is 0 Å². The van der Waals surface area contributed by atoms with Crippen molar-refractivity contribution in [2.45, 2.75) is 31.5 Å². The fourth-order valence-corrected chi connectivity index (χ4v) is 3.29. The highest BCUT2D eigenvalue weighted by Crippen LogP contribution is 2.41. The maximum Gasteiger partial charge on any atom is 0.119 e. The molecule has 0 aromatic heterocycles. The minimum Gasteiger partial charge on any atom is -0.489 e. The van der Waals surface area contributed by atoms with Gasteiger partial charge in [-0.1, -0.05) is 54.6 Å². The molecule has 1 fully saturated rings. The van der Waals surface area contributed by atoms with Gasteiger partial charge in [-0.3, -0.25) is 0 Å². The Balaban J connectivity index is 1.25. The maximum absolute atomic E-state index is 8.85. The number of nitriles is 1. The van der Waals surface area contributed by atoms with Crippen molar-refractivity contribution in [2.24, 2.45) is 0 Å². The van der Waals surface area contributed by atoms with Gasteiger partial charge in [-0.2, -0.15) is 5.26 Å². The van der Waals surface area contributed by atoms with Crippen LogP contribution < -0.4 is 10.1 Å². The fraction of sp³-hybridized carbons (Fsp3) is 0.208. The zero-order valence-electron chi connectivity index (χ0n) is 15.1. The molecular formula is C24H22N2O. The molecule has 1 N–H and O–H groups in total. The Morgan fingerprint density at radius 3 is 2.33 bits per heavy atom. The summed E-state index contributed by atoms with van der Waals surface area (Å²) in [5, 5.41) is 12.5. The van der Waals surface area contributed by atoms with Crippen LogP contribution in [0.4, 0.5) is 0 Å². The minimum atomic E-state index is 0.525. The molecular weight excluding hydrogens is 332 g/mol. The molecule has 3 aromatic carbocycles. The second kappa shape index (κ2) is 8.07. The number of hydrogen-bond donors (Lipinski definition) is 1. The van der Waals surface area contributed by atoms with Crippen LogP contribution in [0, 0.1) is 11.3 Å². The lowest BCUT2D eigenvalue weighted by Gasteiger charge is -2.08. The molecule has 134 valence electrons. The van der Waals surface area contributed by atoms with E-state index >= 15 is 0 Å². The molecule has 0 heterocycles. The van der Waals surface area contributed by atoms with Gasteiger partial charge in [-0.15, -0.1) is 0 Å². The number of benzene rings is 3. The molecule has 3 nitrogen and oxygen atoms in total. The second-order valence-corrected chi connectivity index (χ2v) is 6.98. The van der Waals surface area contributed by atoms with E-state index in [0.29, 0.717) is 24.1 Å². The summed E-state index contributed by atoms with van der Waals surface area (Å²) < 4.78 is 5.86. The summed E-state index contributed by atoms with van der Waals surface area (Å²) >= 11 is 0. The van der Waals surface area contributed by atoms with Crippen LogP contribution in [0.15, 0.2) is 78.9 Å². The molecule has 0 saturated heterocycles. The summed E-state index contributed by atoms with van der Waals surface area (Å²) in [6.07, 6.45) is 1.17. The predicted molar refractivity (Wildman–Crippen MR) is 106 cm³/mol. The highest BCUT2D eigenvalue weighted by atomic mass is 16.5. The minimum absolute atomic E-state index is 0.525. The van der Waals surface area contributed by atoms with Crippen molar-refractivity contribution in [3.8, 4) is 11.8 Å². The Bertz CT molecular complexity index is 911. The van der Waals surface area contributed by atoms with Gasteiger partial charge < -0.3 is 10.1 Å². The van der Waals surface area contributed by atoms with Crippen molar-refractivity contribution in [1.29, 1.82) is 5.26 Å². The first kappa shape index (κ1) is 17.3. The first-order chi connectivity index (χ1) is 13.3. The van der Waals surface area contributed by atoms with Crippen LogP contribution in [0.5, 0.6) is 5.75 Å². The number of nitrogens with zero attached hydrogens (tertiary/aromatic N) is 1. The zero-order valence-corrected chi connectivity index (χ0v) is 15.1. The van der Waals surface area contributed by atoms with Crippen LogP contribution in [0.1, 0.15) is 34.6 Å². The van der Waals surface area contributed by atoms with Gasteiger partial charge in [0, 0.05) is 18.5 Å². The van der Waals surface area contributed by atoms with Gasteiger partial charge >= 0.3 is 0 Å². The van der Waals surface area contributed by atoms with Crippen LogP contribution in [0.3, 0.4) is 0 Å². The van der Waals surface area contributed by atoms with Gasteiger partial charge in [0.05, 0.1) is 11.6 Å². The molecule has 2 atom stereocenters. The second-order valence-electron chi connectivity index (χ2n) is 6.98. The number of rotatable bonds is 7. The lowest BCUT2D eigenvalue weighted by molar-refractivity contribution is 0.306. The summed E-state index contributed by atoms with van der Waals surface area (Å²) in [4.78, 5) is 0. The third-order valence-corrected chi connectivity index (χ3v) is 5.00. The normalized spacial score (nSPS) is 17.9. The van der Waals surface area contributed by atoms with Gasteiger partial charge in [-0.05, 0) is 47.4 Å². The van der Waals surface area contributed by atoms with E-state index in [0.717, 1.165) is 12.3 Å². The van der Waals surface area contributed by atoms with Gasteiger partial charge in [0.2, 0.25) is 0 Å². The molecule has 1 aliphatic carbocycles. The Labute approximate surface area is 160 Å². The molecule has 1 aliphatic rings. The lowest BCUT2D eigenvalue weighted by atomic mass is 10.1. The standard InChI is InChI=1S/C24H22N2O/c25-15-18-6-8-19(9-7-18)16-26-24-14-23(24)21-10-12-22(13-11-21)27-17-20-4-2-1-3-5-20/h1-13,23-24,26H,14,16-17H2. The molecule has 0 radical (unpaired) electrons. The largest absolute Gasteiger partial charge is 0.489 e. The highest BCUT2D eigenvalue weighted by Gasteiger charge is 2.37. The molecule has 3 aromatic rings. The molecule has 1 saturated carbocycles. The van der Waals surface area contributed by atoms with Crippen molar-refractivity contribution in [2.75, 3.05) is 0 Å². The first-order valence-electron chi connectivity index (χ1n) is 9.31. The SMILES string of the molecule is N#Cc1ccc(CNC2CC2c2ccc(OCc3ccccc3)cc2)cc1. The van der Waals surface area contributed by atoms with Gasteiger partial charge in [0.15, 0.2) is 0 Å². The summed E-state index contributed by atoms with van der Waals surface area (Å²) in [7, 11) is 0. The number of ether oxygens (including phenoxy) is 1. The van der Waals surface area contributed by atoms with E-state index < -0.39 is 0 Å². The van der Waals surface area contributed by atoms with Crippen molar-refractivity contribution in [3.05, 3.63) is 101 Å². The third kappa shape index (κ3) is 4.55. The van der Waals surface area contributed by atoms with E-state index in [9.17, 15) is 0 Å². The lowest BCUT2D eigenvalue weighted by Crippen LogP contribution is -2.17. The maximum atomic E-state index is 8.85. The monoisotopic (exact) mass is 354 g/mol. The van der Waals surface area contributed by atoms with E-state index in [-0.39, 0.29) is 0 Å². The average Bonchev–Trinajstić information content (AvgIpc) is 3.52. The van der Waals surface area contributed by atoms with Crippen molar-refractivity contribution >= 4 is 0 Å². The molecule has 0 aliphatic heterocycles. The van der Waals surface area contributed by atoms with Crippen LogP contribution in [-0.4, -0.2) is 6.04 Å². The average molecular weight is 354 g/mol. The molecule has 4 rings (SSSR count). The molecule has 3 heteroatoms. The quantitative estimate of drug-likeness (QED) is 0.664. The van der Waals surface area contributed by atoms with E-state index in [1.165, 1.54) is 23.1 Å². The predicted octanol–water partition coefficient (Wildman–Crippen LogP) is 4.78. The molecule has 27 heavy (non-hydrogen) atoms. The first-order valence-corrected chi connectivity index (χ1v) is 9.31. The Hall–Kier alpha value is -3.09. The van der Waals surface area contributed by atoms with Crippen LogP contribution in [0.2, 0.25) is 0 Å². The summed E-state index contributed by atoms with van der Waals surface area (Å²) in [6, 6.07) is 29.1. The topological polar surface area (TPSA) is 45.0 Å². The third-order valence-electron chi connectivity index (χ3n) is 5.00. The van der Waals surface area contributed by atoms with Crippen molar-refractivity contribution < 1.29 is 4.74 Å². The number of hydrogen-bond acceptors (Lipinski definition) is 3. The van der Waals surface area contributed by atoms with Gasteiger partial charge in [0.25, 0.3) is 0 Å². The highest BCUT2D eigenvalue weighted by molar-refractivity contribution is 5.35. The fourth-order valence-electron chi connectivity index (χ4n) is 3.29. The van der Waals surface area contributed by atoms with Gasteiger partial charge in [0.1, 0.15) is 12.4 Å². The van der Waals surface area contributed by atoms with Crippen LogP contribution in [0.25, 0.3) is 0 Å². The zero-order chi connectivity index (χ0) is 18.5. The van der Waals surface area contributed by atoms with E-state index in [1.54, 1.807) is 0 Å². The molecule has 0 bridgehead atoms. The van der Waals surface area contributed by atoms with E-state index in [1.807, 2.05) is 42.5 Å². The van der Waals surface area contributed by atoms with Crippen molar-refractivity contribution in [1.82, 2.24) is 5.32 Å².